The third kappa shape index (κ3) is 3.18. The van der Waals surface area contributed by atoms with Crippen LogP contribution in [-0.2, 0) is 4.79 Å². The maximum absolute atomic E-state index is 11.6. The predicted octanol–water partition coefficient (Wildman–Crippen LogP) is -0.247. The molecule has 0 saturated carbocycles. The van der Waals surface area contributed by atoms with Crippen LogP contribution in [0.15, 0.2) is 18.2 Å². The second-order valence-electron chi connectivity index (χ2n) is 3.62. The van der Waals surface area contributed by atoms with E-state index in [2.05, 4.69) is 5.32 Å². The number of carbonyl (C=O) groups excluding carboxylic acids is 1. The summed E-state index contributed by atoms with van der Waals surface area (Å²) in [5.74, 6) is -1.88. The van der Waals surface area contributed by atoms with Gasteiger partial charge >= 0.3 is 5.97 Å². The van der Waals surface area contributed by atoms with Crippen molar-refractivity contribution in [3.05, 3.63) is 29.3 Å². The van der Waals surface area contributed by atoms with Crippen molar-refractivity contribution in [2.75, 3.05) is 12.3 Å². The number of aliphatic hydroxyl groups is 1. The number of aryl methyl sites for hydroxylation is 1. The van der Waals surface area contributed by atoms with E-state index in [4.69, 9.17) is 15.9 Å². The molecule has 1 rings (SSSR count). The molecule has 6 heteroatoms. The number of carboxylic acids is 1. The first-order valence-electron chi connectivity index (χ1n) is 4.96. The molecule has 0 aliphatic heterocycles. The summed E-state index contributed by atoms with van der Waals surface area (Å²) in [5, 5.41) is 19.6. The number of nitrogens with one attached hydrogen (secondary N) is 1. The molecule has 6 nitrogen and oxygen atoms in total. The zero-order valence-corrected chi connectivity index (χ0v) is 9.30. The van der Waals surface area contributed by atoms with Crippen molar-refractivity contribution in [3.63, 3.8) is 0 Å². The lowest BCUT2D eigenvalue weighted by Gasteiger charge is -2.12. The highest BCUT2D eigenvalue weighted by molar-refractivity contribution is 5.97. The predicted molar refractivity (Wildman–Crippen MR) is 61.6 cm³/mol. The fourth-order valence-corrected chi connectivity index (χ4v) is 1.21. The van der Waals surface area contributed by atoms with Crippen LogP contribution in [0.3, 0.4) is 0 Å². The second-order valence-corrected chi connectivity index (χ2v) is 3.62. The van der Waals surface area contributed by atoms with Gasteiger partial charge in [0, 0.05) is 11.3 Å². The Labute approximate surface area is 98.1 Å². The first-order chi connectivity index (χ1) is 7.95. The molecule has 0 saturated heterocycles. The average molecular weight is 238 g/mol. The molecule has 0 heterocycles. The molecule has 0 radical (unpaired) electrons. The zero-order chi connectivity index (χ0) is 13.0. The van der Waals surface area contributed by atoms with E-state index < -0.39 is 24.5 Å². The molecular formula is C11H14N2O4. The van der Waals surface area contributed by atoms with E-state index in [0.29, 0.717) is 5.69 Å². The number of rotatable bonds is 4. The number of hydrogen-bond acceptors (Lipinski definition) is 4. The minimum atomic E-state index is -1.31. The van der Waals surface area contributed by atoms with Gasteiger partial charge in [-0.1, -0.05) is 6.07 Å². The van der Waals surface area contributed by atoms with Crippen LogP contribution in [0.25, 0.3) is 0 Å². The highest BCUT2D eigenvalue weighted by Gasteiger charge is 2.19. The fourth-order valence-electron chi connectivity index (χ4n) is 1.21. The van der Waals surface area contributed by atoms with Gasteiger partial charge in [0.15, 0.2) is 6.04 Å². The van der Waals surface area contributed by atoms with Gasteiger partial charge in [-0.05, 0) is 24.6 Å². The lowest BCUT2D eigenvalue weighted by atomic mass is 10.1. The topological polar surface area (TPSA) is 113 Å². The molecule has 92 valence electrons. The van der Waals surface area contributed by atoms with Crippen LogP contribution in [0, 0.1) is 6.92 Å². The molecule has 1 aromatic carbocycles. The maximum Gasteiger partial charge on any atom is 0.328 e. The van der Waals surface area contributed by atoms with Gasteiger partial charge in [0.1, 0.15) is 0 Å². The number of carboxylic acid groups (broad SMARTS) is 1. The summed E-state index contributed by atoms with van der Waals surface area (Å²) >= 11 is 0. The van der Waals surface area contributed by atoms with Crippen molar-refractivity contribution in [3.8, 4) is 0 Å². The molecule has 17 heavy (non-hydrogen) atoms. The van der Waals surface area contributed by atoms with Crippen LogP contribution in [0.1, 0.15) is 15.9 Å². The lowest BCUT2D eigenvalue weighted by molar-refractivity contribution is -0.140. The number of hydrogen-bond donors (Lipinski definition) is 4. The van der Waals surface area contributed by atoms with Crippen LogP contribution in [0.4, 0.5) is 5.69 Å². The molecule has 0 bridgehead atoms. The van der Waals surface area contributed by atoms with Gasteiger partial charge in [-0.2, -0.15) is 0 Å². The summed E-state index contributed by atoms with van der Waals surface area (Å²) < 4.78 is 0. The smallest absolute Gasteiger partial charge is 0.328 e. The summed E-state index contributed by atoms with van der Waals surface area (Å²) in [4.78, 5) is 22.3. The van der Waals surface area contributed by atoms with Crippen LogP contribution < -0.4 is 11.1 Å². The molecule has 1 aromatic rings. The lowest BCUT2D eigenvalue weighted by Crippen LogP contribution is -2.43. The second kappa shape index (κ2) is 5.31. The Hall–Kier alpha value is -2.08. The molecular weight excluding hydrogens is 224 g/mol. The van der Waals surface area contributed by atoms with Gasteiger partial charge < -0.3 is 21.3 Å². The van der Waals surface area contributed by atoms with Gasteiger partial charge in [0.05, 0.1) is 6.61 Å². The van der Waals surface area contributed by atoms with Crippen molar-refractivity contribution >= 4 is 17.6 Å². The quantitative estimate of drug-likeness (QED) is 0.540. The largest absolute Gasteiger partial charge is 0.480 e. The van der Waals surface area contributed by atoms with E-state index in [1.165, 1.54) is 12.1 Å². The van der Waals surface area contributed by atoms with E-state index in [1.54, 1.807) is 13.0 Å². The number of carbonyl (C=O) groups is 2. The SMILES string of the molecule is Cc1ccc(C(=O)N[C@@H](CO)C(=O)O)cc1N. The molecule has 5 N–H and O–H groups in total. The molecule has 0 fully saturated rings. The van der Waals surface area contributed by atoms with Gasteiger partial charge in [0.2, 0.25) is 0 Å². The standard InChI is InChI=1S/C11H14N2O4/c1-6-2-3-7(4-8(6)12)10(15)13-9(5-14)11(16)17/h2-4,9,14H,5,12H2,1H3,(H,13,15)(H,16,17)/t9-/m0/s1. The first-order valence-corrected chi connectivity index (χ1v) is 4.96. The number of amides is 1. The van der Waals surface area contributed by atoms with Gasteiger partial charge in [-0.15, -0.1) is 0 Å². The van der Waals surface area contributed by atoms with E-state index in [1.807, 2.05) is 0 Å². The Bertz CT molecular complexity index is 445. The minimum absolute atomic E-state index is 0.257. The van der Waals surface area contributed by atoms with E-state index in [9.17, 15) is 9.59 Å². The Morgan fingerprint density at radius 2 is 2.12 bits per heavy atom. The van der Waals surface area contributed by atoms with Crippen molar-refractivity contribution in [2.24, 2.45) is 0 Å². The number of aliphatic carboxylic acids is 1. The van der Waals surface area contributed by atoms with Crippen LogP contribution in [0.5, 0.6) is 0 Å². The third-order valence-electron chi connectivity index (χ3n) is 2.33. The normalized spacial score (nSPS) is 11.9. The number of nitrogen functional groups attached to an aromatic ring is 1. The third-order valence-corrected chi connectivity index (χ3v) is 2.33. The van der Waals surface area contributed by atoms with Crippen LogP contribution in [0.2, 0.25) is 0 Å². The monoisotopic (exact) mass is 238 g/mol. The Morgan fingerprint density at radius 3 is 2.59 bits per heavy atom. The number of aliphatic hydroxyl groups excluding tert-OH is 1. The Balaban J connectivity index is 2.82. The van der Waals surface area contributed by atoms with E-state index in [0.717, 1.165) is 5.56 Å². The van der Waals surface area contributed by atoms with Gasteiger partial charge in [-0.3, -0.25) is 4.79 Å². The van der Waals surface area contributed by atoms with Crippen molar-refractivity contribution in [2.45, 2.75) is 13.0 Å². The first kappa shape index (κ1) is 13.0. The summed E-state index contributed by atoms with van der Waals surface area (Å²) in [7, 11) is 0. The molecule has 0 spiro atoms. The van der Waals surface area contributed by atoms with Gasteiger partial charge in [0.25, 0.3) is 5.91 Å². The summed E-state index contributed by atoms with van der Waals surface area (Å²) in [6.45, 7) is 1.13. The number of benzene rings is 1. The maximum atomic E-state index is 11.6. The zero-order valence-electron chi connectivity index (χ0n) is 9.30. The van der Waals surface area contributed by atoms with E-state index >= 15 is 0 Å². The number of nitrogens with two attached hydrogens (primary N) is 1. The highest BCUT2D eigenvalue weighted by Crippen LogP contribution is 2.12. The Morgan fingerprint density at radius 1 is 1.47 bits per heavy atom. The fraction of sp³-hybridized carbons (Fsp3) is 0.273. The van der Waals surface area contributed by atoms with Gasteiger partial charge in [-0.25, -0.2) is 4.79 Å². The van der Waals surface area contributed by atoms with Crippen LogP contribution in [-0.4, -0.2) is 34.7 Å². The molecule has 0 aliphatic carbocycles. The highest BCUT2D eigenvalue weighted by atomic mass is 16.4. The van der Waals surface area contributed by atoms with Crippen molar-refractivity contribution in [1.82, 2.24) is 5.32 Å². The van der Waals surface area contributed by atoms with E-state index in [-0.39, 0.29) is 5.56 Å². The minimum Gasteiger partial charge on any atom is -0.480 e. The molecule has 1 amide bonds. The van der Waals surface area contributed by atoms with Crippen LogP contribution >= 0.6 is 0 Å². The molecule has 1 atom stereocenters. The molecule has 0 aliphatic rings. The molecule has 0 unspecified atom stereocenters. The summed E-state index contributed by atoms with van der Waals surface area (Å²) in [6.07, 6.45) is 0. The van der Waals surface area contributed by atoms with Crippen molar-refractivity contribution in [1.29, 1.82) is 0 Å². The molecule has 0 aromatic heterocycles. The summed E-state index contributed by atoms with van der Waals surface area (Å²) in [6, 6.07) is 3.35. The Kier molecular flexibility index (Phi) is 4.06. The van der Waals surface area contributed by atoms with Crippen molar-refractivity contribution < 1.29 is 19.8 Å². The number of anilines is 1. The summed E-state index contributed by atoms with van der Waals surface area (Å²) in [5.41, 5.74) is 7.18. The average Bonchev–Trinajstić information content (AvgIpc) is 2.28.